The summed E-state index contributed by atoms with van der Waals surface area (Å²) in [4.78, 5) is 11.0. The number of sulfonamides is 1. The molecule has 0 atom stereocenters. The third-order valence-electron chi connectivity index (χ3n) is 2.55. The van der Waals surface area contributed by atoms with Gasteiger partial charge in [-0.2, -0.15) is 0 Å². The number of carbonyl (C=O) groups is 1. The number of nitrogens with one attached hydrogen (secondary N) is 1. The molecule has 2 rings (SSSR count). The number of nitrogens with two attached hydrogens (primary N) is 1. The van der Waals surface area contributed by atoms with Gasteiger partial charge >= 0.3 is 0 Å². The summed E-state index contributed by atoms with van der Waals surface area (Å²) < 4.78 is 26.5. The lowest BCUT2D eigenvalue weighted by molar-refractivity contribution is 0.100. The third-order valence-corrected chi connectivity index (χ3v) is 3.94. The van der Waals surface area contributed by atoms with E-state index in [9.17, 15) is 13.2 Å². The summed E-state index contributed by atoms with van der Waals surface area (Å²) in [6.07, 6.45) is 0. The van der Waals surface area contributed by atoms with Crippen LogP contribution >= 0.6 is 0 Å². The number of anilines is 1. The van der Waals surface area contributed by atoms with E-state index in [2.05, 4.69) is 4.72 Å². The van der Waals surface area contributed by atoms with E-state index < -0.39 is 15.9 Å². The topological polar surface area (TPSA) is 109 Å². The second-order valence-electron chi connectivity index (χ2n) is 4.04. The van der Waals surface area contributed by atoms with Gasteiger partial charge in [0, 0.05) is 11.3 Å². The molecular formula is C13H12N2O4S. The molecule has 0 aliphatic carbocycles. The standard InChI is InChI=1S/C13H12N2O4S/c14-13(17)9-2-1-3-10(8-9)15-20(18,19)12-6-4-11(16)5-7-12/h1-8,15-16H,(H2,14,17). The highest BCUT2D eigenvalue weighted by Gasteiger charge is 2.14. The Morgan fingerprint density at radius 2 is 1.75 bits per heavy atom. The molecule has 4 N–H and O–H groups in total. The summed E-state index contributed by atoms with van der Waals surface area (Å²) in [5, 5.41) is 9.14. The van der Waals surface area contributed by atoms with Gasteiger partial charge in [0.15, 0.2) is 0 Å². The predicted octanol–water partition coefficient (Wildman–Crippen LogP) is 1.29. The highest BCUT2D eigenvalue weighted by Crippen LogP contribution is 2.19. The number of carbonyl (C=O) groups excluding carboxylic acids is 1. The first-order chi connectivity index (χ1) is 9.38. The van der Waals surface area contributed by atoms with Gasteiger partial charge < -0.3 is 10.8 Å². The van der Waals surface area contributed by atoms with Gasteiger partial charge in [-0.25, -0.2) is 8.42 Å². The number of phenolic OH excluding ortho intramolecular Hbond substituents is 1. The summed E-state index contributed by atoms with van der Waals surface area (Å²) in [7, 11) is -3.79. The highest BCUT2D eigenvalue weighted by atomic mass is 32.2. The maximum atomic E-state index is 12.1. The van der Waals surface area contributed by atoms with Crippen LogP contribution in [0.3, 0.4) is 0 Å². The van der Waals surface area contributed by atoms with Gasteiger partial charge in [-0.15, -0.1) is 0 Å². The highest BCUT2D eigenvalue weighted by molar-refractivity contribution is 7.92. The van der Waals surface area contributed by atoms with Crippen molar-refractivity contribution in [2.45, 2.75) is 4.90 Å². The SMILES string of the molecule is NC(=O)c1cccc(NS(=O)(=O)c2ccc(O)cc2)c1. The predicted molar refractivity (Wildman–Crippen MR) is 73.9 cm³/mol. The quantitative estimate of drug-likeness (QED) is 0.788. The van der Waals surface area contributed by atoms with Crippen LogP contribution < -0.4 is 10.5 Å². The van der Waals surface area contributed by atoms with Gasteiger partial charge in [0.25, 0.3) is 10.0 Å². The number of benzene rings is 2. The Morgan fingerprint density at radius 1 is 1.10 bits per heavy atom. The van der Waals surface area contributed by atoms with E-state index in [0.717, 1.165) is 0 Å². The molecule has 0 unspecified atom stereocenters. The van der Waals surface area contributed by atoms with Crippen molar-refractivity contribution in [2.75, 3.05) is 4.72 Å². The molecule has 104 valence electrons. The van der Waals surface area contributed by atoms with Gasteiger partial charge in [0.1, 0.15) is 5.75 Å². The van der Waals surface area contributed by atoms with Gasteiger partial charge in [0.2, 0.25) is 5.91 Å². The average Bonchev–Trinajstić information content (AvgIpc) is 2.39. The molecule has 2 aromatic carbocycles. The third kappa shape index (κ3) is 3.07. The van der Waals surface area contributed by atoms with Crippen LogP contribution in [0.1, 0.15) is 10.4 Å². The van der Waals surface area contributed by atoms with Crippen LogP contribution in [0.4, 0.5) is 5.69 Å². The zero-order chi connectivity index (χ0) is 14.8. The second-order valence-corrected chi connectivity index (χ2v) is 5.73. The monoisotopic (exact) mass is 292 g/mol. The number of amides is 1. The molecule has 20 heavy (non-hydrogen) atoms. The summed E-state index contributed by atoms with van der Waals surface area (Å²) in [5.74, 6) is -0.671. The number of phenols is 1. The van der Waals surface area contributed by atoms with E-state index in [1.165, 1.54) is 48.5 Å². The number of primary amides is 1. The van der Waals surface area contributed by atoms with Crippen LogP contribution in [0.15, 0.2) is 53.4 Å². The Hall–Kier alpha value is -2.54. The Kier molecular flexibility index (Phi) is 3.62. The molecule has 0 heterocycles. The van der Waals surface area contributed by atoms with Crippen molar-refractivity contribution in [3.63, 3.8) is 0 Å². The minimum atomic E-state index is -3.79. The first-order valence-corrected chi connectivity index (χ1v) is 7.08. The molecule has 0 radical (unpaired) electrons. The summed E-state index contributed by atoms with van der Waals surface area (Å²) in [6, 6.07) is 11.0. The van der Waals surface area contributed by atoms with Crippen LogP contribution in [-0.2, 0) is 10.0 Å². The molecule has 0 saturated heterocycles. The first kappa shape index (κ1) is 13.9. The maximum Gasteiger partial charge on any atom is 0.261 e. The normalized spacial score (nSPS) is 11.0. The van der Waals surface area contributed by atoms with Gasteiger partial charge in [-0.3, -0.25) is 9.52 Å². The van der Waals surface area contributed by atoms with E-state index in [1.54, 1.807) is 0 Å². The van der Waals surface area contributed by atoms with Crippen LogP contribution in [0.2, 0.25) is 0 Å². The van der Waals surface area contributed by atoms with E-state index in [-0.39, 0.29) is 21.9 Å². The number of hydrogen-bond acceptors (Lipinski definition) is 4. The molecule has 0 aliphatic rings. The van der Waals surface area contributed by atoms with E-state index in [1.807, 2.05) is 0 Å². The zero-order valence-electron chi connectivity index (χ0n) is 10.3. The van der Waals surface area contributed by atoms with Crippen molar-refractivity contribution < 1.29 is 18.3 Å². The minimum Gasteiger partial charge on any atom is -0.508 e. The van der Waals surface area contributed by atoms with Crippen LogP contribution in [0, 0.1) is 0 Å². The summed E-state index contributed by atoms with van der Waals surface area (Å²) in [6.45, 7) is 0. The Balaban J connectivity index is 2.31. The van der Waals surface area contributed by atoms with E-state index in [4.69, 9.17) is 10.8 Å². The summed E-state index contributed by atoms with van der Waals surface area (Å²) >= 11 is 0. The Morgan fingerprint density at radius 3 is 2.35 bits per heavy atom. The van der Waals surface area contributed by atoms with Gasteiger partial charge in [-0.05, 0) is 42.5 Å². The fourth-order valence-electron chi connectivity index (χ4n) is 1.58. The first-order valence-electron chi connectivity index (χ1n) is 5.60. The average molecular weight is 292 g/mol. The fourth-order valence-corrected chi connectivity index (χ4v) is 2.62. The Labute approximate surface area is 115 Å². The van der Waals surface area contributed by atoms with Crippen molar-refractivity contribution in [3.05, 3.63) is 54.1 Å². The number of aromatic hydroxyl groups is 1. The number of rotatable bonds is 4. The second kappa shape index (κ2) is 5.22. The van der Waals surface area contributed by atoms with Crippen molar-refractivity contribution in [1.29, 1.82) is 0 Å². The Bertz CT molecular complexity index is 739. The van der Waals surface area contributed by atoms with Crippen LogP contribution in [0.25, 0.3) is 0 Å². The molecule has 0 spiro atoms. The lowest BCUT2D eigenvalue weighted by Crippen LogP contribution is -2.15. The maximum absolute atomic E-state index is 12.1. The lowest BCUT2D eigenvalue weighted by atomic mass is 10.2. The number of hydrogen-bond donors (Lipinski definition) is 3. The molecule has 0 aromatic heterocycles. The molecule has 6 nitrogen and oxygen atoms in total. The lowest BCUT2D eigenvalue weighted by Gasteiger charge is -2.08. The van der Waals surface area contributed by atoms with Crippen molar-refractivity contribution in [1.82, 2.24) is 0 Å². The molecule has 0 saturated carbocycles. The van der Waals surface area contributed by atoms with Crippen molar-refractivity contribution in [2.24, 2.45) is 5.73 Å². The van der Waals surface area contributed by atoms with Gasteiger partial charge in [-0.1, -0.05) is 6.07 Å². The smallest absolute Gasteiger partial charge is 0.261 e. The summed E-state index contributed by atoms with van der Waals surface area (Å²) in [5.41, 5.74) is 5.57. The molecule has 0 fully saturated rings. The molecule has 2 aromatic rings. The van der Waals surface area contributed by atoms with Crippen molar-refractivity contribution >= 4 is 21.6 Å². The van der Waals surface area contributed by atoms with Crippen molar-refractivity contribution in [3.8, 4) is 5.75 Å². The zero-order valence-corrected chi connectivity index (χ0v) is 11.1. The molecule has 7 heteroatoms. The molecule has 1 amide bonds. The van der Waals surface area contributed by atoms with E-state index >= 15 is 0 Å². The molecule has 0 bridgehead atoms. The minimum absolute atomic E-state index is 0.000205. The van der Waals surface area contributed by atoms with Crippen LogP contribution in [-0.4, -0.2) is 19.4 Å². The molecular weight excluding hydrogens is 280 g/mol. The van der Waals surface area contributed by atoms with Gasteiger partial charge in [0.05, 0.1) is 4.90 Å². The molecule has 0 aliphatic heterocycles. The van der Waals surface area contributed by atoms with Crippen LogP contribution in [0.5, 0.6) is 5.75 Å². The largest absolute Gasteiger partial charge is 0.508 e. The van der Waals surface area contributed by atoms with E-state index in [0.29, 0.717) is 0 Å². The fraction of sp³-hybridized carbons (Fsp3) is 0.